The van der Waals surface area contributed by atoms with Gasteiger partial charge in [-0.3, -0.25) is 4.79 Å². The molecular weight excluding hydrogens is 426 g/mol. The SMILES string of the molecule is CCOc1cc(C(=O)NCC2(c3ccc(Cl)cc3)CCCCC2)cc(OCC)c1OCC. The van der Waals surface area contributed by atoms with Crippen molar-refractivity contribution in [3.8, 4) is 17.2 Å². The molecular formula is C26H34ClNO4. The Morgan fingerprint density at radius 2 is 1.47 bits per heavy atom. The first-order chi connectivity index (χ1) is 15.5. The van der Waals surface area contributed by atoms with Crippen LogP contribution in [0.2, 0.25) is 5.02 Å². The van der Waals surface area contributed by atoms with Gasteiger partial charge in [-0.1, -0.05) is 43.0 Å². The number of ether oxygens (including phenoxy) is 3. The normalized spacial score (nSPS) is 15.1. The van der Waals surface area contributed by atoms with Crippen LogP contribution >= 0.6 is 11.6 Å². The van der Waals surface area contributed by atoms with Crippen molar-refractivity contribution in [2.24, 2.45) is 0 Å². The van der Waals surface area contributed by atoms with Gasteiger partial charge in [-0.15, -0.1) is 0 Å². The molecule has 0 aliphatic heterocycles. The third kappa shape index (κ3) is 5.69. The lowest BCUT2D eigenvalue weighted by Gasteiger charge is -2.38. The highest BCUT2D eigenvalue weighted by Crippen LogP contribution is 2.41. The molecule has 1 aliphatic carbocycles. The Hall–Kier alpha value is -2.40. The number of benzene rings is 2. The van der Waals surface area contributed by atoms with Gasteiger partial charge in [0, 0.05) is 22.5 Å². The predicted octanol–water partition coefficient (Wildman–Crippen LogP) is 6.17. The number of carbonyl (C=O) groups excluding carboxylic acids is 1. The minimum atomic E-state index is -0.145. The summed E-state index contributed by atoms with van der Waals surface area (Å²) in [5.41, 5.74) is 1.66. The van der Waals surface area contributed by atoms with Gasteiger partial charge < -0.3 is 19.5 Å². The topological polar surface area (TPSA) is 56.8 Å². The largest absolute Gasteiger partial charge is 0.490 e. The van der Waals surface area contributed by atoms with Crippen molar-refractivity contribution >= 4 is 17.5 Å². The van der Waals surface area contributed by atoms with E-state index < -0.39 is 0 Å². The zero-order valence-electron chi connectivity index (χ0n) is 19.3. The predicted molar refractivity (Wildman–Crippen MR) is 128 cm³/mol. The molecule has 0 atom stereocenters. The number of carbonyl (C=O) groups is 1. The van der Waals surface area contributed by atoms with Gasteiger partial charge in [0.25, 0.3) is 5.91 Å². The maximum Gasteiger partial charge on any atom is 0.251 e. The molecule has 0 saturated heterocycles. The molecule has 0 radical (unpaired) electrons. The van der Waals surface area contributed by atoms with E-state index in [0.29, 0.717) is 49.2 Å². The zero-order valence-corrected chi connectivity index (χ0v) is 20.1. The Morgan fingerprint density at radius 1 is 0.906 bits per heavy atom. The van der Waals surface area contributed by atoms with E-state index in [1.807, 2.05) is 32.9 Å². The number of rotatable bonds is 10. The fourth-order valence-corrected chi connectivity index (χ4v) is 4.60. The summed E-state index contributed by atoms with van der Waals surface area (Å²) in [6, 6.07) is 11.5. The number of halogens is 1. The van der Waals surface area contributed by atoms with E-state index >= 15 is 0 Å². The summed E-state index contributed by atoms with van der Waals surface area (Å²) < 4.78 is 17.3. The van der Waals surface area contributed by atoms with Crippen LogP contribution in [0, 0.1) is 0 Å². The second-order valence-corrected chi connectivity index (χ2v) is 8.57. The van der Waals surface area contributed by atoms with Gasteiger partial charge in [-0.25, -0.2) is 0 Å². The van der Waals surface area contributed by atoms with Gasteiger partial charge in [0.1, 0.15) is 0 Å². The lowest BCUT2D eigenvalue weighted by molar-refractivity contribution is 0.0935. The van der Waals surface area contributed by atoms with Crippen molar-refractivity contribution in [1.29, 1.82) is 0 Å². The Labute approximate surface area is 196 Å². The summed E-state index contributed by atoms with van der Waals surface area (Å²) in [5, 5.41) is 3.92. The quantitative estimate of drug-likeness (QED) is 0.461. The fraction of sp³-hybridized carbons (Fsp3) is 0.500. The molecule has 2 aromatic carbocycles. The van der Waals surface area contributed by atoms with Gasteiger partial charge in [0.05, 0.1) is 19.8 Å². The van der Waals surface area contributed by atoms with Crippen molar-refractivity contribution in [1.82, 2.24) is 5.32 Å². The van der Waals surface area contributed by atoms with Crippen LogP contribution < -0.4 is 19.5 Å². The minimum Gasteiger partial charge on any atom is -0.490 e. The second-order valence-electron chi connectivity index (χ2n) is 8.13. The van der Waals surface area contributed by atoms with Crippen molar-refractivity contribution in [3.63, 3.8) is 0 Å². The number of hydrogen-bond donors (Lipinski definition) is 1. The van der Waals surface area contributed by atoms with Crippen molar-refractivity contribution < 1.29 is 19.0 Å². The van der Waals surface area contributed by atoms with E-state index in [9.17, 15) is 4.79 Å². The summed E-state index contributed by atoms with van der Waals surface area (Å²) in [6.45, 7) is 7.71. The molecule has 0 bridgehead atoms. The third-order valence-electron chi connectivity index (χ3n) is 6.03. The molecule has 1 aliphatic rings. The summed E-state index contributed by atoms with van der Waals surface area (Å²) in [4.78, 5) is 13.2. The summed E-state index contributed by atoms with van der Waals surface area (Å²) >= 11 is 6.12. The molecule has 174 valence electrons. The van der Waals surface area contributed by atoms with Gasteiger partial charge >= 0.3 is 0 Å². The highest BCUT2D eigenvalue weighted by molar-refractivity contribution is 6.30. The van der Waals surface area contributed by atoms with Crippen LogP contribution in [-0.2, 0) is 5.41 Å². The van der Waals surface area contributed by atoms with Crippen molar-refractivity contribution in [2.75, 3.05) is 26.4 Å². The maximum atomic E-state index is 13.2. The maximum absolute atomic E-state index is 13.2. The molecule has 3 rings (SSSR count). The third-order valence-corrected chi connectivity index (χ3v) is 6.28. The standard InChI is InChI=1S/C26H34ClNO4/c1-4-30-22-16-19(17-23(31-5-2)24(22)32-6-3)25(29)28-18-26(14-8-7-9-15-26)20-10-12-21(27)13-11-20/h10-13,16-17H,4-9,14-15,18H2,1-3H3,(H,28,29). The zero-order chi connectivity index (χ0) is 23.0. The molecule has 5 nitrogen and oxygen atoms in total. The van der Waals surface area contributed by atoms with E-state index in [2.05, 4.69) is 17.4 Å². The van der Waals surface area contributed by atoms with E-state index in [1.165, 1.54) is 12.0 Å². The molecule has 0 aromatic heterocycles. The molecule has 6 heteroatoms. The number of hydrogen-bond acceptors (Lipinski definition) is 4. The number of nitrogens with one attached hydrogen (secondary N) is 1. The highest BCUT2D eigenvalue weighted by Gasteiger charge is 2.34. The first kappa shape index (κ1) is 24.2. The average Bonchev–Trinajstić information content (AvgIpc) is 2.80. The van der Waals surface area contributed by atoms with Crippen LogP contribution in [0.3, 0.4) is 0 Å². The Balaban J connectivity index is 1.85. The molecule has 1 saturated carbocycles. The van der Waals surface area contributed by atoms with Crippen LogP contribution in [0.15, 0.2) is 36.4 Å². The molecule has 0 heterocycles. The first-order valence-electron chi connectivity index (χ1n) is 11.6. The molecule has 32 heavy (non-hydrogen) atoms. The van der Waals surface area contributed by atoms with Gasteiger partial charge in [0.15, 0.2) is 11.5 Å². The summed E-state index contributed by atoms with van der Waals surface area (Å²) in [5.74, 6) is 1.44. The molecule has 0 unspecified atom stereocenters. The Kier molecular flexibility index (Phi) is 8.68. The Morgan fingerprint density at radius 3 is 2.00 bits per heavy atom. The van der Waals surface area contributed by atoms with Gasteiger partial charge in [-0.05, 0) is 63.4 Å². The second kappa shape index (κ2) is 11.5. The van der Waals surface area contributed by atoms with Gasteiger partial charge in [-0.2, -0.15) is 0 Å². The minimum absolute atomic E-state index is 0.0741. The summed E-state index contributed by atoms with van der Waals surface area (Å²) in [7, 11) is 0. The van der Waals surface area contributed by atoms with E-state index in [-0.39, 0.29) is 11.3 Å². The van der Waals surface area contributed by atoms with Crippen LogP contribution in [0.5, 0.6) is 17.2 Å². The lowest BCUT2D eigenvalue weighted by atomic mass is 9.69. The molecule has 1 N–H and O–H groups in total. The van der Waals surface area contributed by atoms with Crippen LogP contribution in [-0.4, -0.2) is 32.3 Å². The highest BCUT2D eigenvalue weighted by atomic mass is 35.5. The van der Waals surface area contributed by atoms with Crippen LogP contribution in [0.25, 0.3) is 0 Å². The first-order valence-corrected chi connectivity index (χ1v) is 12.0. The van der Waals surface area contributed by atoms with Crippen molar-refractivity contribution in [2.45, 2.75) is 58.3 Å². The lowest BCUT2D eigenvalue weighted by Crippen LogP contribution is -2.42. The molecule has 1 amide bonds. The summed E-state index contributed by atoms with van der Waals surface area (Å²) in [6.07, 6.45) is 5.64. The Bertz CT molecular complexity index is 864. The van der Waals surface area contributed by atoms with E-state index in [0.717, 1.165) is 30.7 Å². The average molecular weight is 460 g/mol. The van der Waals surface area contributed by atoms with Crippen LogP contribution in [0.4, 0.5) is 0 Å². The van der Waals surface area contributed by atoms with E-state index in [4.69, 9.17) is 25.8 Å². The molecule has 0 spiro atoms. The fourth-order valence-electron chi connectivity index (χ4n) is 4.47. The van der Waals surface area contributed by atoms with Gasteiger partial charge in [0.2, 0.25) is 5.75 Å². The van der Waals surface area contributed by atoms with Crippen molar-refractivity contribution in [3.05, 3.63) is 52.5 Å². The molecule has 1 fully saturated rings. The van der Waals surface area contributed by atoms with E-state index in [1.54, 1.807) is 12.1 Å². The monoisotopic (exact) mass is 459 g/mol. The number of amides is 1. The van der Waals surface area contributed by atoms with Crippen LogP contribution in [0.1, 0.15) is 68.8 Å². The smallest absolute Gasteiger partial charge is 0.251 e. The molecule has 2 aromatic rings.